The summed E-state index contributed by atoms with van der Waals surface area (Å²) in [4.78, 5) is 18.8. The lowest BCUT2D eigenvalue weighted by Crippen LogP contribution is -2.41. The first-order valence-electron chi connectivity index (χ1n) is 11.9. The van der Waals surface area contributed by atoms with Gasteiger partial charge in [0.15, 0.2) is 0 Å². The molecule has 7 heteroatoms. The van der Waals surface area contributed by atoms with Crippen molar-refractivity contribution in [2.24, 2.45) is 5.18 Å². The van der Waals surface area contributed by atoms with Gasteiger partial charge in [-0.1, -0.05) is 41.1 Å². The van der Waals surface area contributed by atoms with Crippen molar-refractivity contribution in [3.05, 3.63) is 99.2 Å². The highest BCUT2D eigenvalue weighted by Gasteiger charge is 2.37. The molecule has 180 valence electrons. The highest BCUT2D eigenvalue weighted by molar-refractivity contribution is 6.30. The van der Waals surface area contributed by atoms with Crippen LogP contribution in [-0.4, -0.2) is 36.6 Å². The molecule has 6 nitrogen and oxygen atoms in total. The van der Waals surface area contributed by atoms with Crippen LogP contribution in [0.1, 0.15) is 41.6 Å². The fourth-order valence-corrected chi connectivity index (χ4v) is 5.14. The Morgan fingerprint density at radius 1 is 1.14 bits per heavy atom. The zero-order valence-corrected chi connectivity index (χ0v) is 20.5. The molecule has 3 heterocycles. The Balaban J connectivity index is 1.32. The minimum Gasteiger partial charge on any atom is -0.497 e. The van der Waals surface area contributed by atoms with E-state index in [4.69, 9.17) is 21.1 Å². The normalized spacial score (nSPS) is 18.2. The molecule has 5 rings (SSSR count). The molecule has 2 aliphatic rings. The predicted octanol–water partition coefficient (Wildman–Crippen LogP) is 6.22. The molecule has 0 spiro atoms. The van der Waals surface area contributed by atoms with Crippen molar-refractivity contribution >= 4 is 17.2 Å². The Labute approximate surface area is 210 Å². The van der Waals surface area contributed by atoms with E-state index >= 15 is 0 Å². The number of nitrogens with zero attached hydrogens (tertiary/aromatic N) is 3. The van der Waals surface area contributed by atoms with Crippen LogP contribution in [-0.2, 0) is 12.1 Å². The van der Waals surface area contributed by atoms with E-state index in [1.54, 1.807) is 13.3 Å². The van der Waals surface area contributed by atoms with E-state index in [2.05, 4.69) is 33.3 Å². The fourth-order valence-electron chi connectivity index (χ4n) is 5.01. The molecule has 2 aliphatic heterocycles. The number of fused-ring (bicyclic) bond motifs is 2. The Kier molecular flexibility index (Phi) is 6.84. The third kappa shape index (κ3) is 4.81. The highest BCUT2D eigenvalue weighted by Crippen LogP contribution is 2.39. The topological polar surface area (TPSA) is 64.0 Å². The molecule has 1 saturated heterocycles. The molecular formula is C28H28ClN3O3. The summed E-state index contributed by atoms with van der Waals surface area (Å²) < 4.78 is 11.5. The number of ether oxygens (including phenoxy) is 2. The van der Waals surface area contributed by atoms with Crippen molar-refractivity contribution in [3.63, 3.8) is 0 Å². The quantitative estimate of drug-likeness (QED) is 0.385. The molecule has 1 fully saturated rings. The van der Waals surface area contributed by atoms with E-state index in [0.717, 1.165) is 65.5 Å². The number of benzene rings is 2. The van der Waals surface area contributed by atoms with E-state index in [1.807, 2.05) is 42.5 Å². The minimum absolute atomic E-state index is 0.422. The maximum atomic E-state index is 11.9. The van der Waals surface area contributed by atoms with Gasteiger partial charge in [0.25, 0.3) is 0 Å². The Morgan fingerprint density at radius 2 is 1.94 bits per heavy atom. The number of piperidine rings is 1. The van der Waals surface area contributed by atoms with Crippen LogP contribution in [0, 0.1) is 4.91 Å². The number of hydrogen-bond donors (Lipinski definition) is 0. The lowest BCUT2D eigenvalue weighted by atomic mass is 9.82. The average molecular weight is 490 g/mol. The van der Waals surface area contributed by atoms with Crippen LogP contribution >= 0.6 is 11.6 Å². The van der Waals surface area contributed by atoms with Gasteiger partial charge in [0.1, 0.15) is 23.6 Å². The van der Waals surface area contributed by atoms with Gasteiger partial charge in [-0.05, 0) is 60.7 Å². The Morgan fingerprint density at radius 3 is 2.69 bits per heavy atom. The zero-order chi connectivity index (χ0) is 24.3. The smallest absolute Gasteiger partial charge is 0.131 e. The van der Waals surface area contributed by atoms with Gasteiger partial charge in [0.2, 0.25) is 0 Å². The molecule has 0 amide bonds. The standard InChI is InChI=1S/C28H28ClN3O3/c1-34-22-10-11-25-23(24-4-2-14-30-26(24)19-35-27(25)18-22)5-3-15-32-16-12-28(31-33,13-17-32)20-6-8-21(29)9-7-20/h2,4-11,14,18H,3,12-13,15-17,19H2,1H3. The third-order valence-corrected chi connectivity index (χ3v) is 7.31. The summed E-state index contributed by atoms with van der Waals surface area (Å²) in [6.07, 6.45) is 6.37. The second-order valence-electron chi connectivity index (χ2n) is 9.03. The average Bonchev–Trinajstić information content (AvgIpc) is 3.06. The molecule has 0 aliphatic carbocycles. The lowest BCUT2D eigenvalue weighted by Gasteiger charge is -2.37. The van der Waals surface area contributed by atoms with Gasteiger partial charge in [0, 0.05) is 48.0 Å². The van der Waals surface area contributed by atoms with Gasteiger partial charge in [0.05, 0.1) is 12.8 Å². The van der Waals surface area contributed by atoms with Gasteiger partial charge in [-0.15, -0.1) is 4.91 Å². The summed E-state index contributed by atoms with van der Waals surface area (Å²) in [5.74, 6) is 1.57. The molecule has 0 bridgehead atoms. The Hall–Kier alpha value is -3.22. The zero-order valence-electron chi connectivity index (χ0n) is 19.7. The van der Waals surface area contributed by atoms with Crippen molar-refractivity contribution in [3.8, 4) is 11.5 Å². The first-order chi connectivity index (χ1) is 17.1. The van der Waals surface area contributed by atoms with Crippen LogP contribution in [0.4, 0.5) is 0 Å². The largest absolute Gasteiger partial charge is 0.497 e. The lowest BCUT2D eigenvalue weighted by molar-refractivity contribution is 0.164. The third-order valence-electron chi connectivity index (χ3n) is 7.06. The summed E-state index contributed by atoms with van der Waals surface area (Å²) in [6, 6.07) is 17.5. The van der Waals surface area contributed by atoms with Crippen LogP contribution in [0.5, 0.6) is 11.5 Å². The van der Waals surface area contributed by atoms with E-state index in [9.17, 15) is 4.91 Å². The molecule has 0 radical (unpaired) electrons. The molecule has 35 heavy (non-hydrogen) atoms. The summed E-state index contributed by atoms with van der Waals surface area (Å²) in [5, 5.41) is 4.25. The summed E-state index contributed by atoms with van der Waals surface area (Å²) in [6.45, 7) is 2.98. The van der Waals surface area contributed by atoms with Gasteiger partial charge < -0.3 is 14.4 Å². The van der Waals surface area contributed by atoms with Gasteiger partial charge in [-0.2, -0.15) is 0 Å². The van der Waals surface area contributed by atoms with Gasteiger partial charge in [-0.25, -0.2) is 0 Å². The second-order valence-corrected chi connectivity index (χ2v) is 9.46. The number of nitroso groups, excluding NO2 is 1. The summed E-state index contributed by atoms with van der Waals surface area (Å²) in [7, 11) is 1.66. The van der Waals surface area contributed by atoms with Crippen molar-refractivity contribution in [2.45, 2.75) is 31.4 Å². The number of methoxy groups -OCH3 is 1. The van der Waals surface area contributed by atoms with E-state index < -0.39 is 5.54 Å². The van der Waals surface area contributed by atoms with Crippen LogP contribution in [0.25, 0.3) is 5.57 Å². The van der Waals surface area contributed by atoms with Crippen LogP contribution in [0.3, 0.4) is 0 Å². The minimum atomic E-state index is -0.666. The van der Waals surface area contributed by atoms with Crippen molar-refractivity contribution < 1.29 is 9.47 Å². The molecular weight excluding hydrogens is 462 g/mol. The Bertz CT molecular complexity index is 1230. The number of likely N-dealkylation sites (tertiary alicyclic amines) is 1. The number of halogens is 1. The molecule has 0 unspecified atom stereocenters. The van der Waals surface area contributed by atoms with Crippen LogP contribution in [0.2, 0.25) is 5.02 Å². The monoisotopic (exact) mass is 489 g/mol. The maximum Gasteiger partial charge on any atom is 0.131 e. The number of pyridine rings is 1. The molecule has 1 aromatic heterocycles. The fraction of sp³-hybridized carbons (Fsp3) is 0.321. The highest BCUT2D eigenvalue weighted by atomic mass is 35.5. The maximum absolute atomic E-state index is 11.9. The first-order valence-corrected chi connectivity index (χ1v) is 12.3. The van der Waals surface area contributed by atoms with Crippen molar-refractivity contribution in [1.82, 2.24) is 9.88 Å². The molecule has 2 aromatic carbocycles. The van der Waals surface area contributed by atoms with E-state index in [-0.39, 0.29) is 0 Å². The summed E-state index contributed by atoms with van der Waals surface area (Å²) >= 11 is 6.03. The molecule has 3 aromatic rings. The van der Waals surface area contributed by atoms with Crippen molar-refractivity contribution in [1.29, 1.82) is 0 Å². The number of aromatic nitrogens is 1. The van der Waals surface area contributed by atoms with Gasteiger partial charge >= 0.3 is 0 Å². The number of rotatable bonds is 6. The first kappa shape index (κ1) is 23.5. The SMILES string of the molecule is COc1ccc2c(c1)OCc1ncccc1C2=CCCN1CCC(N=O)(c2ccc(Cl)cc2)CC1. The number of hydrogen-bond acceptors (Lipinski definition) is 6. The molecule has 0 atom stereocenters. The van der Waals surface area contributed by atoms with E-state index in [0.29, 0.717) is 24.5 Å². The summed E-state index contributed by atoms with van der Waals surface area (Å²) in [5.41, 5.74) is 4.49. The van der Waals surface area contributed by atoms with E-state index in [1.165, 1.54) is 0 Å². The van der Waals surface area contributed by atoms with Gasteiger partial charge in [-0.3, -0.25) is 4.98 Å². The molecule has 0 N–H and O–H groups in total. The predicted molar refractivity (Wildman–Crippen MR) is 138 cm³/mol. The van der Waals surface area contributed by atoms with Crippen molar-refractivity contribution in [2.75, 3.05) is 26.7 Å². The molecule has 0 saturated carbocycles. The van der Waals surface area contributed by atoms with Crippen LogP contribution in [0.15, 0.2) is 72.0 Å². The second kappa shape index (κ2) is 10.2. The van der Waals surface area contributed by atoms with Crippen LogP contribution < -0.4 is 9.47 Å².